The smallest absolute Gasteiger partial charge is 0.275 e. The molecule has 1 saturated carbocycles. The predicted molar refractivity (Wildman–Crippen MR) is 123 cm³/mol. The number of nitrogens with two attached hydrogens (primary N) is 1. The largest absolute Gasteiger partial charge is 0.493 e. The van der Waals surface area contributed by atoms with Gasteiger partial charge in [-0.1, -0.05) is 23.2 Å². The summed E-state index contributed by atoms with van der Waals surface area (Å²) < 4.78 is 22.5. The molecule has 3 aromatic heterocycles. The zero-order chi connectivity index (χ0) is 24.3. The number of alkyl halides is 1. The molecule has 0 bridgehead atoms. The molecule has 9 nitrogen and oxygen atoms in total. The number of allylic oxidation sites excluding steroid dienone is 3. The number of aromatic amines is 2. The minimum absolute atomic E-state index is 0.0137. The molecule has 12 heteroatoms. The molecule has 34 heavy (non-hydrogen) atoms. The molecule has 3 aromatic rings. The Morgan fingerprint density at radius 3 is 2.79 bits per heavy atom. The van der Waals surface area contributed by atoms with E-state index in [4.69, 9.17) is 33.7 Å². The Hall–Kier alpha value is -3.26. The molecule has 0 saturated heterocycles. The minimum Gasteiger partial charge on any atom is -0.493 e. The summed E-state index contributed by atoms with van der Waals surface area (Å²) in [7, 11) is 0. The number of pyridine rings is 1. The molecule has 3 heterocycles. The first-order chi connectivity index (χ1) is 16.2. The van der Waals surface area contributed by atoms with Crippen LogP contribution >= 0.6 is 23.2 Å². The van der Waals surface area contributed by atoms with Crippen molar-refractivity contribution in [1.82, 2.24) is 25.4 Å². The molecule has 1 fully saturated rings. The lowest BCUT2D eigenvalue weighted by Gasteiger charge is -2.37. The summed E-state index contributed by atoms with van der Waals surface area (Å²) in [5.41, 5.74) is 4.29. The standard InChI is InChI=1S/C22H18Cl2FN7O2/c1-21(9-27)15(34-10-2-3-10)7-22(24,18(25)17(21)12-4-5-28-30-12)14-6-11-13(8-26)31-32-20(33)16(11)19(23)29-14/h4-7,10H,2-3,8,26H2,1H3,(H,28,30)(H,32,33). The van der Waals surface area contributed by atoms with Gasteiger partial charge in [0, 0.05) is 23.7 Å². The number of nitriles is 1. The van der Waals surface area contributed by atoms with E-state index in [0.717, 1.165) is 12.8 Å². The van der Waals surface area contributed by atoms with Gasteiger partial charge < -0.3 is 10.5 Å². The Morgan fingerprint density at radius 2 is 2.18 bits per heavy atom. The first-order valence-corrected chi connectivity index (χ1v) is 11.2. The molecule has 4 N–H and O–H groups in total. The van der Waals surface area contributed by atoms with Crippen LogP contribution in [-0.4, -0.2) is 31.5 Å². The molecule has 0 radical (unpaired) electrons. The van der Waals surface area contributed by atoms with E-state index < -0.39 is 21.7 Å². The Kier molecular flexibility index (Phi) is 5.24. The molecule has 5 rings (SSSR count). The summed E-state index contributed by atoms with van der Waals surface area (Å²) in [5.74, 6) is -0.653. The van der Waals surface area contributed by atoms with Crippen LogP contribution in [0.2, 0.25) is 5.15 Å². The minimum atomic E-state index is -1.99. The lowest BCUT2D eigenvalue weighted by atomic mass is 9.72. The van der Waals surface area contributed by atoms with E-state index in [2.05, 4.69) is 31.4 Å². The zero-order valence-corrected chi connectivity index (χ0v) is 19.3. The maximum Gasteiger partial charge on any atom is 0.275 e. The third-order valence-electron chi connectivity index (χ3n) is 6.05. The van der Waals surface area contributed by atoms with Gasteiger partial charge in [0.25, 0.3) is 5.56 Å². The van der Waals surface area contributed by atoms with Gasteiger partial charge in [-0.25, -0.2) is 14.5 Å². The molecule has 0 aromatic carbocycles. The Morgan fingerprint density at radius 1 is 1.41 bits per heavy atom. The molecule has 2 aliphatic rings. The van der Waals surface area contributed by atoms with Crippen molar-refractivity contribution in [2.24, 2.45) is 11.1 Å². The lowest BCUT2D eigenvalue weighted by molar-refractivity contribution is 0.157. The predicted octanol–water partition coefficient (Wildman–Crippen LogP) is 3.57. The zero-order valence-electron chi connectivity index (χ0n) is 17.8. The van der Waals surface area contributed by atoms with E-state index in [9.17, 15) is 10.1 Å². The van der Waals surface area contributed by atoms with Gasteiger partial charge >= 0.3 is 0 Å². The van der Waals surface area contributed by atoms with Crippen LogP contribution in [0.5, 0.6) is 0 Å². The van der Waals surface area contributed by atoms with E-state index >= 15 is 4.39 Å². The fourth-order valence-corrected chi connectivity index (χ4v) is 4.61. The third kappa shape index (κ3) is 3.31. The maximum absolute atomic E-state index is 16.4. The Bertz CT molecular complexity index is 1470. The number of rotatable bonds is 5. The number of nitrogens with one attached hydrogen (secondary N) is 2. The van der Waals surface area contributed by atoms with Crippen molar-refractivity contribution in [3.8, 4) is 6.07 Å². The van der Waals surface area contributed by atoms with Gasteiger partial charge in [-0.15, -0.1) is 0 Å². The molecule has 0 aliphatic heterocycles. The summed E-state index contributed by atoms with van der Waals surface area (Å²) in [5, 5.41) is 23.2. The van der Waals surface area contributed by atoms with Crippen LogP contribution < -0.4 is 11.3 Å². The van der Waals surface area contributed by atoms with Gasteiger partial charge in [0.15, 0.2) is 4.87 Å². The molecule has 174 valence electrons. The van der Waals surface area contributed by atoms with Crippen LogP contribution in [0.3, 0.4) is 0 Å². The van der Waals surface area contributed by atoms with Gasteiger partial charge in [0.2, 0.25) is 0 Å². The first kappa shape index (κ1) is 22.5. The van der Waals surface area contributed by atoms with Gasteiger partial charge in [-0.05, 0) is 38.0 Å². The Labute approximate surface area is 202 Å². The van der Waals surface area contributed by atoms with Gasteiger partial charge in [0.1, 0.15) is 22.2 Å². The van der Waals surface area contributed by atoms with Crippen LogP contribution in [0.4, 0.5) is 4.39 Å². The van der Waals surface area contributed by atoms with Crippen LogP contribution in [0.1, 0.15) is 36.8 Å². The van der Waals surface area contributed by atoms with Crippen molar-refractivity contribution >= 4 is 39.5 Å². The van der Waals surface area contributed by atoms with Crippen molar-refractivity contribution in [3.63, 3.8) is 0 Å². The van der Waals surface area contributed by atoms with Crippen LogP contribution in [-0.2, 0) is 16.2 Å². The van der Waals surface area contributed by atoms with E-state index in [1.54, 1.807) is 13.0 Å². The Balaban J connectivity index is 1.82. The highest BCUT2D eigenvalue weighted by Gasteiger charge is 2.52. The highest BCUT2D eigenvalue weighted by molar-refractivity contribution is 6.34. The van der Waals surface area contributed by atoms with Gasteiger partial charge in [-0.2, -0.15) is 15.5 Å². The number of halogens is 3. The topological polar surface area (TPSA) is 146 Å². The van der Waals surface area contributed by atoms with E-state index in [0.29, 0.717) is 11.1 Å². The van der Waals surface area contributed by atoms with E-state index in [1.807, 2.05) is 0 Å². The second-order valence-corrected chi connectivity index (χ2v) is 9.31. The number of ether oxygens (including phenoxy) is 1. The summed E-state index contributed by atoms with van der Waals surface area (Å²) in [6.07, 6.45) is 4.32. The summed E-state index contributed by atoms with van der Waals surface area (Å²) >= 11 is 13.3. The quantitative estimate of drug-likeness (QED) is 0.357. The number of H-pyrrole nitrogens is 2. The van der Waals surface area contributed by atoms with E-state index in [-0.39, 0.29) is 45.9 Å². The molecular formula is C22H18Cl2FN7O2. The SMILES string of the molecule is CC1(C#N)C(OC2CC2)=CC(Cl)(c2cc3c(CN)n[nH]c(=O)c3c(Cl)n2)C(F)=C1c1ccn[nH]1. The lowest BCUT2D eigenvalue weighted by Crippen LogP contribution is -2.34. The van der Waals surface area contributed by atoms with Crippen molar-refractivity contribution < 1.29 is 9.13 Å². The number of aromatic nitrogens is 5. The molecule has 2 unspecified atom stereocenters. The van der Waals surface area contributed by atoms with Gasteiger partial charge in [0.05, 0.1) is 34.6 Å². The fraction of sp³-hybridized carbons (Fsp3) is 0.318. The van der Waals surface area contributed by atoms with Gasteiger partial charge in [-0.3, -0.25) is 9.89 Å². The van der Waals surface area contributed by atoms with Crippen molar-refractivity contribution in [2.75, 3.05) is 0 Å². The fourth-order valence-electron chi connectivity index (χ4n) is 4.04. The highest BCUT2D eigenvalue weighted by atomic mass is 35.5. The third-order valence-corrected chi connectivity index (χ3v) is 6.79. The van der Waals surface area contributed by atoms with E-state index in [1.165, 1.54) is 18.3 Å². The second-order valence-electron chi connectivity index (χ2n) is 8.36. The monoisotopic (exact) mass is 501 g/mol. The number of nitrogens with zero attached hydrogens (tertiary/aromatic N) is 4. The van der Waals surface area contributed by atoms with Crippen LogP contribution in [0, 0.1) is 16.7 Å². The second kappa shape index (κ2) is 7.91. The van der Waals surface area contributed by atoms with Crippen molar-refractivity contribution in [2.45, 2.75) is 37.3 Å². The first-order valence-electron chi connectivity index (χ1n) is 10.4. The summed E-state index contributed by atoms with van der Waals surface area (Å²) in [6.45, 7) is 1.54. The molecule has 0 amide bonds. The average molecular weight is 502 g/mol. The molecule has 0 spiro atoms. The molecule has 2 atom stereocenters. The normalized spacial score (nSPS) is 24.8. The highest BCUT2D eigenvalue weighted by Crippen LogP contribution is 2.56. The average Bonchev–Trinajstić information content (AvgIpc) is 3.48. The summed E-state index contributed by atoms with van der Waals surface area (Å²) in [4.78, 5) is 14.6. The molecular weight excluding hydrogens is 484 g/mol. The number of fused-ring (bicyclic) bond motifs is 1. The van der Waals surface area contributed by atoms with Crippen LogP contribution in [0.25, 0.3) is 16.3 Å². The van der Waals surface area contributed by atoms with Crippen molar-refractivity contribution in [3.05, 3.63) is 68.6 Å². The molecule has 2 aliphatic carbocycles. The van der Waals surface area contributed by atoms with Crippen molar-refractivity contribution in [1.29, 1.82) is 5.26 Å². The van der Waals surface area contributed by atoms with Crippen LogP contribution in [0.15, 0.2) is 40.8 Å². The summed E-state index contributed by atoms with van der Waals surface area (Å²) in [6, 6.07) is 5.15. The number of hydrogen-bond donors (Lipinski definition) is 3. The maximum atomic E-state index is 16.4. The number of hydrogen-bond acceptors (Lipinski definition) is 7.